The van der Waals surface area contributed by atoms with Gasteiger partial charge in [0, 0.05) is 0 Å². The average Bonchev–Trinajstić information content (AvgIpc) is 1.96. The molecule has 0 fully saturated rings. The number of aryl methyl sites for hydroxylation is 1. The first-order valence-corrected chi connectivity index (χ1v) is 3.06. The topological polar surface area (TPSA) is 35.0 Å². The molecule has 0 aliphatic heterocycles. The number of aromatic nitrogens is 2. The van der Waals surface area contributed by atoms with E-state index in [1.807, 2.05) is 0 Å². The van der Waals surface area contributed by atoms with Crippen LogP contribution < -0.4 is 4.74 Å². The van der Waals surface area contributed by atoms with Gasteiger partial charge in [0.1, 0.15) is 0 Å². The monoisotopic (exact) mass is 179 g/mol. The summed E-state index contributed by atoms with van der Waals surface area (Å²) in [6.07, 6.45) is 0. The fraction of sp³-hybridized carbons (Fsp3) is 0.333. The van der Waals surface area contributed by atoms with E-state index in [-0.39, 0.29) is 11.0 Å². The molecule has 0 aromatic carbocycles. The summed E-state index contributed by atoms with van der Waals surface area (Å²) in [5.74, 6) is -1.59. The minimum absolute atomic E-state index is 0.0655. The van der Waals surface area contributed by atoms with Crippen molar-refractivity contribution in [1.82, 2.24) is 9.97 Å². The van der Waals surface area contributed by atoms with Gasteiger partial charge in [0.05, 0.1) is 16.8 Å². The van der Waals surface area contributed by atoms with E-state index in [9.17, 15) is 4.39 Å². The predicted octanol–water partition coefficient (Wildman–Crippen LogP) is 1.59. The zero-order chi connectivity index (χ0) is 10.9. The highest BCUT2D eigenvalue weighted by atomic mass is 35.5. The van der Waals surface area contributed by atoms with Crippen molar-refractivity contribution in [2.75, 3.05) is 7.04 Å². The lowest BCUT2D eigenvalue weighted by Crippen LogP contribution is -1.98. The van der Waals surface area contributed by atoms with Crippen LogP contribution in [-0.4, -0.2) is 17.0 Å². The molecule has 0 amide bonds. The Labute approximate surface area is 72.4 Å². The summed E-state index contributed by atoms with van der Waals surface area (Å²) in [7, 11) is -2.76. The summed E-state index contributed by atoms with van der Waals surface area (Å²) >= 11 is 5.40. The maximum absolute atomic E-state index is 13.2. The van der Waals surface area contributed by atoms with E-state index in [4.69, 9.17) is 15.7 Å². The summed E-state index contributed by atoms with van der Waals surface area (Å²) in [4.78, 5) is 6.80. The van der Waals surface area contributed by atoms with Gasteiger partial charge in [-0.3, -0.25) is 0 Å². The highest BCUT2D eigenvalue weighted by molar-refractivity contribution is 6.28. The molecule has 0 radical (unpaired) electrons. The van der Waals surface area contributed by atoms with Gasteiger partial charge >= 0.3 is 0 Å². The average molecular weight is 180 g/mol. The molecule has 0 unspecified atom stereocenters. The number of halogens is 2. The van der Waals surface area contributed by atoms with Gasteiger partial charge in [-0.25, -0.2) is 4.98 Å². The lowest BCUT2D eigenvalue weighted by Gasteiger charge is -2.01. The lowest BCUT2D eigenvalue weighted by molar-refractivity contribution is 0.365. The third-order valence-electron chi connectivity index (χ3n) is 1.06. The molecular weight excluding hydrogens is 171 g/mol. The van der Waals surface area contributed by atoms with Crippen LogP contribution in [0.4, 0.5) is 4.39 Å². The number of hydrogen-bond acceptors (Lipinski definition) is 3. The van der Waals surface area contributed by atoms with Crippen molar-refractivity contribution >= 4 is 11.6 Å². The normalized spacial score (nSPS) is 15.0. The second kappa shape index (κ2) is 3.00. The van der Waals surface area contributed by atoms with Crippen molar-refractivity contribution in [2.24, 2.45) is 0 Å². The van der Waals surface area contributed by atoms with E-state index in [0.29, 0.717) is 0 Å². The number of hydrogen-bond donors (Lipinski definition) is 0. The molecule has 0 N–H and O–H groups in total. The number of methoxy groups -OCH3 is 1. The Hall–Kier alpha value is -0.900. The standard InChI is InChI=1S/C6H6ClFN2O/c1-3-4(8)5(11-2)10-6(7)9-3/h1-2H3/i2D3. The van der Waals surface area contributed by atoms with Crippen LogP contribution in [0.15, 0.2) is 0 Å². The third-order valence-corrected chi connectivity index (χ3v) is 1.22. The lowest BCUT2D eigenvalue weighted by atomic mass is 10.4. The van der Waals surface area contributed by atoms with Gasteiger partial charge < -0.3 is 4.74 Å². The van der Waals surface area contributed by atoms with Crippen LogP contribution in [0.5, 0.6) is 5.88 Å². The van der Waals surface area contributed by atoms with Crippen molar-refractivity contribution in [2.45, 2.75) is 6.92 Å². The van der Waals surface area contributed by atoms with Crippen LogP contribution in [0.3, 0.4) is 0 Å². The molecule has 5 heteroatoms. The van der Waals surface area contributed by atoms with Crippen LogP contribution in [0.25, 0.3) is 0 Å². The van der Waals surface area contributed by atoms with Crippen LogP contribution in [0, 0.1) is 12.7 Å². The molecule has 3 nitrogen and oxygen atoms in total. The fourth-order valence-corrected chi connectivity index (χ4v) is 0.771. The SMILES string of the molecule is [2H]C([2H])([2H])Oc1nc(Cl)nc(C)c1F. The summed E-state index contributed by atoms with van der Waals surface area (Å²) < 4.78 is 37.7. The molecule has 0 aliphatic carbocycles. The molecule has 1 rings (SSSR count). The van der Waals surface area contributed by atoms with Gasteiger partial charge in [-0.2, -0.15) is 9.37 Å². The largest absolute Gasteiger partial charge is 0.479 e. The fourth-order valence-electron chi connectivity index (χ4n) is 0.568. The molecule has 0 atom stereocenters. The molecular formula is C6H6ClFN2O. The first-order valence-electron chi connectivity index (χ1n) is 4.18. The number of ether oxygens (including phenoxy) is 1. The summed E-state index contributed by atoms with van der Waals surface area (Å²) in [5, 5.41) is -0.261. The summed E-state index contributed by atoms with van der Waals surface area (Å²) in [6, 6.07) is 0. The second-order valence-corrected chi connectivity index (χ2v) is 2.14. The summed E-state index contributed by atoms with van der Waals surface area (Å²) in [6.45, 7) is 1.33. The van der Waals surface area contributed by atoms with Crippen LogP contribution in [0.1, 0.15) is 9.81 Å². The van der Waals surface area contributed by atoms with Crippen molar-refractivity contribution in [3.8, 4) is 5.88 Å². The smallest absolute Gasteiger partial charge is 0.254 e. The highest BCUT2D eigenvalue weighted by Gasteiger charge is 2.09. The molecule has 60 valence electrons. The van der Waals surface area contributed by atoms with Crippen molar-refractivity contribution in [3.63, 3.8) is 0 Å². The Morgan fingerprint density at radius 2 is 2.36 bits per heavy atom. The minimum Gasteiger partial charge on any atom is -0.479 e. The molecule has 11 heavy (non-hydrogen) atoms. The Morgan fingerprint density at radius 3 is 3.00 bits per heavy atom. The third kappa shape index (κ3) is 1.57. The van der Waals surface area contributed by atoms with E-state index in [1.165, 1.54) is 6.92 Å². The Bertz CT molecular complexity index is 358. The first kappa shape index (κ1) is 4.87. The van der Waals surface area contributed by atoms with Crippen LogP contribution in [0.2, 0.25) is 5.28 Å². The molecule has 1 aromatic heterocycles. The van der Waals surface area contributed by atoms with Crippen molar-refractivity contribution < 1.29 is 13.2 Å². The first-order chi connectivity index (χ1) is 6.29. The summed E-state index contributed by atoms with van der Waals surface area (Å²) in [5.41, 5.74) is -0.0655. The van der Waals surface area contributed by atoms with E-state index in [1.54, 1.807) is 0 Å². The molecule has 1 heterocycles. The quantitative estimate of drug-likeness (QED) is 0.614. The van der Waals surface area contributed by atoms with Gasteiger partial charge in [-0.1, -0.05) is 0 Å². The van der Waals surface area contributed by atoms with E-state index >= 15 is 0 Å². The maximum Gasteiger partial charge on any atom is 0.254 e. The van der Waals surface area contributed by atoms with Gasteiger partial charge in [0.25, 0.3) is 5.88 Å². The molecule has 0 aliphatic rings. The van der Waals surface area contributed by atoms with Gasteiger partial charge in [-0.05, 0) is 18.5 Å². The zero-order valence-corrected chi connectivity index (χ0v) is 6.31. The van der Waals surface area contributed by atoms with Crippen molar-refractivity contribution in [1.29, 1.82) is 0 Å². The Morgan fingerprint density at radius 1 is 1.64 bits per heavy atom. The molecule has 0 saturated carbocycles. The van der Waals surface area contributed by atoms with Crippen LogP contribution in [-0.2, 0) is 0 Å². The van der Waals surface area contributed by atoms with Gasteiger partial charge in [0.15, 0.2) is 0 Å². The number of rotatable bonds is 1. The van der Waals surface area contributed by atoms with Crippen molar-refractivity contribution in [3.05, 3.63) is 16.8 Å². The molecule has 0 bridgehead atoms. The minimum atomic E-state index is -2.76. The number of nitrogens with zero attached hydrogens (tertiary/aromatic N) is 2. The molecule has 0 saturated heterocycles. The van der Waals surface area contributed by atoms with E-state index < -0.39 is 18.7 Å². The van der Waals surface area contributed by atoms with E-state index in [0.717, 1.165) is 0 Å². The van der Waals surface area contributed by atoms with Crippen LogP contribution >= 0.6 is 11.6 Å². The zero-order valence-electron chi connectivity index (χ0n) is 8.56. The molecule has 1 aromatic rings. The van der Waals surface area contributed by atoms with E-state index in [2.05, 4.69) is 14.7 Å². The highest BCUT2D eigenvalue weighted by Crippen LogP contribution is 2.17. The second-order valence-electron chi connectivity index (χ2n) is 1.80. The Kier molecular flexibility index (Phi) is 1.33. The Balaban J connectivity index is 3.09. The molecule has 0 spiro atoms. The van der Waals surface area contributed by atoms with Gasteiger partial charge in [-0.15, -0.1) is 0 Å². The predicted molar refractivity (Wildman–Crippen MR) is 38.3 cm³/mol. The van der Waals surface area contributed by atoms with Gasteiger partial charge in [0.2, 0.25) is 11.1 Å². The maximum atomic E-state index is 13.2.